The molecule has 0 unspecified atom stereocenters. The molecule has 9 heteroatoms. The van der Waals surface area contributed by atoms with E-state index in [1.165, 1.54) is 0 Å². The normalized spacial score (nSPS) is 29.5. The lowest BCUT2D eigenvalue weighted by Crippen LogP contribution is -2.56. The zero-order chi connectivity index (χ0) is 19.7. The number of anilines is 1. The van der Waals surface area contributed by atoms with E-state index in [0.717, 1.165) is 0 Å². The van der Waals surface area contributed by atoms with Crippen molar-refractivity contribution < 1.29 is 14.6 Å². The lowest BCUT2D eigenvalue weighted by atomic mass is 10.0. The Bertz CT molecular complexity index is 679. The molecule has 0 amide bonds. The van der Waals surface area contributed by atoms with Gasteiger partial charge in [-0.1, -0.05) is 13.1 Å². The number of nitrogen functional groups attached to an aromatic ring is 1. The third-order valence-corrected chi connectivity index (χ3v) is 7.91. The van der Waals surface area contributed by atoms with E-state index in [2.05, 4.69) is 18.1 Å². The summed E-state index contributed by atoms with van der Waals surface area (Å²) in [7, 11) is -1.63. The maximum atomic E-state index is 12.6. The van der Waals surface area contributed by atoms with Crippen molar-refractivity contribution in [3.8, 4) is 0 Å². The Morgan fingerprint density at radius 1 is 1.50 bits per heavy atom. The molecular formula is C17H31N3O4SSi. The zero-order valence-corrected chi connectivity index (χ0v) is 18.4. The largest absolute Gasteiger partial charge is 0.390 e. The third kappa shape index (κ3) is 4.17. The van der Waals surface area contributed by atoms with Crippen molar-refractivity contribution in [2.24, 2.45) is 5.92 Å². The van der Waals surface area contributed by atoms with Gasteiger partial charge in [-0.2, -0.15) is 16.7 Å². The summed E-state index contributed by atoms with van der Waals surface area (Å²) in [5, 5.41) is 10.1. The Morgan fingerprint density at radius 2 is 2.15 bits per heavy atom. The van der Waals surface area contributed by atoms with Crippen LogP contribution in [-0.4, -0.2) is 59.9 Å². The number of ether oxygens (including phenoxy) is 2. The molecule has 0 spiro atoms. The van der Waals surface area contributed by atoms with E-state index >= 15 is 0 Å². The van der Waals surface area contributed by atoms with Gasteiger partial charge in [0.1, 0.15) is 17.3 Å². The number of rotatable bonds is 6. The first-order chi connectivity index (χ1) is 12.0. The van der Waals surface area contributed by atoms with E-state index in [-0.39, 0.29) is 23.9 Å². The van der Waals surface area contributed by atoms with Gasteiger partial charge in [-0.3, -0.25) is 4.57 Å². The van der Waals surface area contributed by atoms with Crippen LogP contribution in [0.4, 0.5) is 5.82 Å². The molecular weight excluding hydrogens is 370 g/mol. The molecule has 26 heavy (non-hydrogen) atoms. The lowest BCUT2D eigenvalue weighted by Gasteiger charge is -2.39. The second-order valence-corrected chi connectivity index (χ2v) is 12.1. The van der Waals surface area contributed by atoms with Crippen molar-refractivity contribution in [2.75, 3.05) is 24.3 Å². The molecule has 0 bridgehead atoms. The highest BCUT2D eigenvalue weighted by Gasteiger charge is 2.57. The first kappa shape index (κ1) is 21.4. The van der Waals surface area contributed by atoms with E-state index in [1.54, 1.807) is 28.6 Å². The number of nitrogens with zero attached hydrogens (tertiary/aromatic N) is 2. The summed E-state index contributed by atoms with van der Waals surface area (Å²) in [5.74, 6) is 0.634. The highest BCUT2D eigenvalue weighted by molar-refractivity contribution is 7.98. The number of aromatic nitrogens is 2. The van der Waals surface area contributed by atoms with Crippen LogP contribution in [0.25, 0.3) is 0 Å². The number of aliphatic hydroxyl groups is 1. The van der Waals surface area contributed by atoms with E-state index in [9.17, 15) is 9.90 Å². The van der Waals surface area contributed by atoms with Crippen LogP contribution in [0.1, 0.15) is 20.8 Å². The Morgan fingerprint density at radius 3 is 2.65 bits per heavy atom. The topological polar surface area (TPSA) is 99.6 Å². The monoisotopic (exact) mass is 401 g/mol. The SMILES string of the molecule is CSC[C@@H]1[C@H](O)[C@@H](COC(C)(C)C)O[C@]1(n1ccc(N)nc1=O)[SiH](C)C. The molecule has 4 atom stereocenters. The molecule has 2 heterocycles. The fraction of sp³-hybridized carbons (Fsp3) is 0.765. The van der Waals surface area contributed by atoms with Crippen LogP contribution < -0.4 is 11.4 Å². The molecule has 2 rings (SSSR count). The molecule has 0 saturated carbocycles. The van der Waals surface area contributed by atoms with Gasteiger partial charge in [0.25, 0.3) is 0 Å². The molecule has 1 aromatic rings. The van der Waals surface area contributed by atoms with Gasteiger partial charge in [-0.05, 0) is 33.1 Å². The Labute approximate surface area is 160 Å². The molecule has 0 radical (unpaired) electrons. The van der Waals surface area contributed by atoms with Gasteiger partial charge in [-0.15, -0.1) is 0 Å². The zero-order valence-electron chi connectivity index (χ0n) is 16.4. The predicted octanol–water partition coefficient (Wildman–Crippen LogP) is 1.06. The molecule has 1 aliphatic rings. The van der Waals surface area contributed by atoms with Crippen molar-refractivity contribution in [1.29, 1.82) is 0 Å². The lowest BCUT2D eigenvalue weighted by molar-refractivity contribution is -0.116. The van der Waals surface area contributed by atoms with Crippen LogP contribution in [0.15, 0.2) is 17.1 Å². The van der Waals surface area contributed by atoms with Gasteiger partial charge in [0, 0.05) is 17.9 Å². The molecule has 1 saturated heterocycles. The standard InChI is InChI=1S/C17H31N3O4SSi/c1-16(2,3)23-9-12-14(21)11(10-25-4)17(24-12,26(5)6)20-8-7-13(18)19-15(20)22/h7-8,11-12,14,21,26H,9-10H2,1-6H3,(H2,18,19,22)/t11-,12-,14+,17+/m1/s1. The van der Waals surface area contributed by atoms with Crippen LogP contribution in [-0.2, 0) is 14.8 Å². The molecule has 1 aliphatic heterocycles. The Balaban J connectivity index is 2.49. The van der Waals surface area contributed by atoms with Crippen molar-refractivity contribution in [2.45, 2.75) is 57.0 Å². The van der Waals surface area contributed by atoms with Crippen molar-refractivity contribution in [3.63, 3.8) is 0 Å². The minimum Gasteiger partial charge on any atom is -0.390 e. The van der Waals surface area contributed by atoms with Gasteiger partial charge < -0.3 is 20.3 Å². The molecule has 0 aliphatic carbocycles. The summed E-state index contributed by atoms with van der Waals surface area (Å²) in [6.07, 6.45) is 2.42. The van der Waals surface area contributed by atoms with Crippen LogP contribution in [0, 0.1) is 5.92 Å². The molecule has 148 valence electrons. The Hall–Kier alpha value is -0.873. The summed E-state index contributed by atoms with van der Waals surface area (Å²) in [4.78, 5) is 16.5. The summed E-state index contributed by atoms with van der Waals surface area (Å²) in [5.41, 5.74) is 4.88. The summed E-state index contributed by atoms with van der Waals surface area (Å²) < 4.78 is 13.9. The van der Waals surface area contributed by atoms with Gasteiger partial charge in [0.05, 0.1) is 27.1 Å². The highest BCUT2D eigenvalue weighted by atomic mass is 32.2. The first-order valence-electron chi connectivity index (χ1n) is 8.87. The Kier molecular flexibility index (Phi) is 6.60. The second-order valence-electron chi connectivity index (χ2n) is 8.04. The van der Waals surface area contributed by atoms with Gasteiger partial charge in [0.15, 0.2) is 0 Å². The summed E-state index contributed by atoms with van der Waals surface area (Å²) >= 11 is 1.63. The van der Waals surface area contributed by atoms with Crippen molar-refractivity contribution in [1.82, 2.24) is 9.55 Å². The third-order valence-electron chi connectivity index (χ3n) is 4.72. The second kappa shape index (κ2) is 8.01. The van der Waals surface area contributed by atoms with Crippen LogP contribution in [0.3, 0.4) is 0 Å². The minimum atomic E-state index is -1.63. The molecule has 0 aromatic carbocycles. The minimum absolute atomic E-state index is 0.180. The summed E-state index contributed by atoms with van der Waals surface area (Å²) in [6.45, 7) is 10.4. The average Bonchev–Trinajstić information content (AvgIpc) is 2.79. The molecule has 3 N–H and O–H groups in total. The number of hydrogen-bond acceptors (Lipinski definition) is 7. The quantitative estimate of drug-likeness (QED) is 0.688. The van der Waals surface area contributed by atoms with E-state index < -0.39 is 32.0 Å². The van der Waals surface area contributed by atoms with Crippen molar-refractivity contribution >= 4 is 26.4 Å². The van der Waals surface area contributed by atoms with E-state index in [1.807, 2.05) is 27.0 Å². The number of hydrogen-bond donors (Lipinski definition) is 2. The number of aliphatic hydroxyl groups excluding tert-OH is 1. The van der Waals surface area contributed by atoms with Crippen LogP contribution in [0.2, 0.25) is 13.1 Å². The maximum absolute atomic E-state index is 12.6. The van der Waals surface area contributed by atoms with Crippen molar-refractivity contribution in [3.05, 3.63) is 22.7 Å². The van der Waals surface area contributed by atoms with Crippen LogP contribution >= 0.6 is 11.8 Å². The number of thioether (sulfide) groups is 1. The number of nitrogens with two attached hydrogens (primary N) is 1. The molecule has 7 nitrogen and oxygen atoms in total. The predicted molar refractivity (Wildman–Crippen MR) is 108 cm³/mol. The van der Waals surface area contributed by atoms with Gasteiger partial charge in [0.2, 0.25) is 0 Å². The van der Waals surface area contributed by atoms with Crippen LogP contribution in [0.5, 0.6) is 0 Å². The van der Waals surface area contributed by atoms with E-state index in [0.29, 0.717) is 5.75 Å². The van der Waals surface area contributed by atoms with Gasteiger partial charge >= 0.3 is 5.69 Å². The summed E-state index contributed by atoms with van der Waals surface area (Å²) in [6, 6.07) is 1.60. The fourth-order valence-electron chi connectivity index (χ4n) is 3.53. The van der Waals surface area contributed by atoms with E-state index in [4.69, 9.17) is 15.2 Å². The molecule has 1 fully saturated rings. The molecule has 1 aromatic heterocycles. The first-order valence-corrected chi connectivity index (χ1v) is 13.2. The smallest absolute Gasteiger partial charge is 0.351 e. The highest BCUT2D eigenvalue weighted by Crippen LogP contribution is 2.43. The maximum Gasteiger partial charge on any atom is 0.351 e. The average molecular weight is 402 g/mol. The fourth-order valence-corrected chi connectivity index (χ4v) is 6.86. The van der Waals surface area contributed by atoms with Gasteiger partial charge in [-0.25, -0.2) is 4.79 Å².